The lowest BCUT2D eigenvalue weighted by Gasteiger charge is -2.19. The first-order valence-corrected chi connectivity index (χ1v) is 4.70. The Morgan fingerprint density at radius 3 is 3.00 bits per heavy atom. The number of hydrogen-bond acceptors (Lipinski definition) is 3. The minimum atomic E-state index is -0.630. The molecule has 2 atom stereocenters. The van der Waals surface area contributed by atoms with Crippen molar-refractivity contribution in [2.45, 2.75) is 18.9 Å². The van der Waals surface area contributed by atoms with Gasteiger partial charge in [0.15, 0.2) is 5.78 Å². The second-order valence-electron chi connectivity index (χ2n) is 3.49. The van der Waals surface area contributed by atoms with E-state index >= 15 is 0 Å². The molecule has 0 aliphatic heterocycles. The summed E-state index contributed by atoms with van der Waals surface area (Å²) in [5.74, 6) is 0.695. The van der Waals surface area contributed by atoms with Crippen LogP contribution in [0.25, 0.3) is 0 Å². The molecule has 0 spiro atoms. The minimum absolute atomic E-state index is 0.00106. The van der Waals surface area contributed by atoms with Crippen LogP contribution in [-0.4, -0.2) is 10.9 Å². The maximum absolute atomic E-state index is 10.9. The Labute approximate surface area is 82.0 Å². The highest BCUT2D eigenvalue weighted by Gasteiger charge is 2.23. The van der Waals surface area contributed by atoms with Gasteiger partial charge in [-0.2, -0.15) is 0 Å². The number of hydrogen-bond donors (Lipinski definition) is 1. The summed E-state index contributed by atoms with van der Waals surface area (Å²) < 4.78 is 5.11. The summed E-state index contributed by atoms with van der Waals surface area (Å²) in [6.45, 7) is 0. The fourth-order valence-corrected chi connectivity index (χ4v) is 1.65. The third kappa shape index (κ3) is 1.77. The van der Waals surface area contributed by atoms with Crippen LogP contribution in [-0.2, 0) is 4.79 Å². The van der Waals surface area contributed by atoms with Gasteiger partial charge in [-0.15, -0.1) is 0 Å². The lowest BCUT2D eigenvalue weighted by Crippen LogP contribution is -2.15. The fraction of sp³-hybridized carbons (Fsp3) is 0.364. The van der Waals surface area contributed by atoms with Crippen molar-refractivity contribution in [1.29, 1.82) is 0 Å². The average molecular weight is 192 g/mol. The molecule has 0 aromatic carbocycles. The van der Waals surface area contributed by atoms with Crippen LogP contribution in [0.2, 0.25) is 0 Å². The van der Waals surface area contributed by atoms with Gasteiger partial charge in [0, 0.05) is 12.3 Å². The molecule has 3 nitrogen and oxygen atoms in total. The van der Waals surface area contributed by atoms with Crippen molar-refractivity contribution in [1.82, 2.24) is 0 Å². The van der Waals surface area contributed by atoms with Crippen LogP contribution in [0.3, 0.4) is 0 Å². The molecule has 1 N–H and O–H groups in total. The molecule has 0 radical (unpaired) electrons. The van der Waals surface area contributed by atoms with Gasteiger partial charge in [0.2, 0.25) is 0 Å². The molecule has 14 heavy (non-hydrogen) atoms. The summed E-state index contributed by atoms with van der Waals surface area (Å²) in [7, 11) is 0. The van der Waals surface area contributed by atoms with Crippen LogP contribution in [0.15, 0.2) is 35.0 Å². The van der Waals surface area contributed by atoms with Crippen LogP contribution >= 0.6 is 0 Å². The molecular formula is C11H12O3. The zero-order valence-electron chi connectivity index (χ0n) is 7.72. The van der Waals surface area contributed by atoms with E-state index in [2.05, 4.69) is 0 Å². The number of ketones is 1. The average Bonchev–Trinajstić information content (AvgIpc) is 2.71. The highest BCUT2D eigenvalue weighted by Crippen LogP contribution is 2.29. The first-order chi connectivity index (χ1) is 6.77. The topological polar surface area (TPSA) is 50.4 Å². The largest absolute Gasteiger partial charge is 0.467 e. The summed E-state index contributed by atoms with van der Waals surface area (Å²) >= 11 is 0. The molecule has 0 unspecified atom stereocenters. The number of aliphatic hydroxyl groups is 1. The smallest absolute Gasteiger partial charge is 0.155 e. The minimum Gasteiger partial charge on any atom is -0.467 e. The maximum atomic E-state index is 10.9. The number of allylic oxidation sites excluding steroid dienone is 1. The van der Waals surface area contributed by atoms with Gasteiger partial charge in [-0.05, 0) is 24.6 Å². The third-order valence-corrected chi connectivity index (χ3v) is 2.49. The fourth-order valence-electron chi connectivity index (χ4n) is 1.65. The van der Waals surface area contributed by atoms with Crippen LogP contribution in [0.4, 0.5) is 0 Å². The standard InChI is InChI=1S/C11H12O3/c12-9-5-3-8(4-6-9)11(13)10-2-1-7-14-10/h1-3,5,7-8,11,13H,4,6H2/t8-,11-/m0/s1. The second-order valence-corrected chi connectivity index (χ2v) is 3.49. The van der Waals surface area contributed by atoms with Gasteiger partial charge in [-0.3, -0.25) is 4.79 Å². The monoisotopic (exact) mass is 192 g/mol. The molecular weight excluding hydrogens is 180 g/mol. The van der Waals surface area contributed by atoms with Crippen LogP contribution in [0.1, 0.15) is 24.7 Å². The van der Waals surface area contributed by atoms with Crippen molar-refractivity contribution in [3.63, 3.8) is 0 Å². The van der Waals surface area contributed by atoms with Gasteiger partial charge >= 0.3 is 0 Å². The lowest BCUT2D eigenvalue weighted by molar-refractivity contribution is -0.115. The highest BCUT2D eigenvalue weighted by molar-refractivity contribution is 5.90. The molecule has 0 fully saturated rings. The SMILES string of the molecule is O=C1C=C[C@H]([C@H](O)c2ccco2)CC1. The Kier molecular flexibility index (Phi) is 2.50. The summed E-state index contributed by atoms with van der Waals surface area (Å²) in [5.41, 5.74) is 0. The van der Waals surface area contributed by atoms with E-state index < -0.39 is 6.10 Å². The summed E-state index contributed by atoms with van der Waals surface area (Å²) in [5, 5.41) is 9.86. The predicted molar refractivity (Wildman–Crippen MR) is 50.5 cm³/mol. The molecule has 0 saturated carbocycles. The Morgan fingerprint density at radius 2 is 2.43 bits per heavy atom. The molecule has 1 aromatic heterocycles. The van der Waals surface area contributed by atoms with E-state index in [0.717, 1.165) is 0 Å². The molecule has 74 valence electrons. The van der Waals surface area contributed by atoms with E-state index in [0.29, 0.717) is 18.6 Å². The number of aliphatic hydroxyl groups excluding tert-OH is 1. The lowest BCUT2D eigenvalue weighted by atomic mass is 9.89. The third-order valence-electron chi connectivity index (χ3n) is 2.49. The Hall–Kier alpha value is -1.35. The molecule has 0 amide bonds. The van der Waals surface area contributed by atoms with Crippen molar-refractivity contribution >= 4 is 5.78 Å². The van der Waals surface area contributed by atoms with Crippen molar-refractivity contribution in [3.8, 4) is 0 Å². The molecule has 1 heterocycles. The van der Waals surface area contributed by atoms with Gasteiger partial charge in [-0.25, -0.2) is 0 Å². The van der Waals surface area contributed by atoms with Crippen LogP contribution in [0, 0.1) is 5.92 Å². The number of rotatable bonds is 2. The van der Waals surface area contributed by atoms with Gasteiger partial charge in [-0.1, -0.05) is 6.08 Å². The highest BCUT2D eigenvalue weighted by atomic mass is 16.4. The number of carbonyl (C=O) groups is 1. The van der Waals surface area contributed by atoms with E-state index in [9.17, 15) is 9.90 Å². The molecule has 1 aliphatic carbocycles. The van der Waals surface area contributed by atoms with Crippen molar-refractivity contribution in [2.75, 3.05) is 0 Å². The molecule has 0 saturated heterocycles. The summed E-state index contributed by atoms with van der Waals surface area (Å²) in [4.78, 5) is 10.9. The molecule has 1 aromatic rings. The van der Waals surface area contributed by atoms with Gasteiger partial charge in [0.1, 0.15) is 11.9 Å². The van der Waals surface area contributed by atoms with Crippen molar-refractivity contribution in [2.24, 2.45) is 5.92 Å². The Balaban J connectivity index is 2.09. The molecule has 3 heteroatoms. The zero-order valence-corrected chi connectivity index (χ0v) is 7.72. The molecule has 0 bridgehead atoms. The van der Waals surface area contributed by atoms with E-state index in [-0.39, 0.29) is 11.7 Å². The van der Waals surface area contributed by atoms with Gasteiger partial charge in [0.25, 0.3) is 0 Å². The van der Waals surface area contributed by atoms with Crippen LogP contribution < -0.4 is 0 Å². The zero-order chi connectivity index (χ0) is 9.97. The first-order valence-electron chi connectivity index (χ1n) is 4.70. The second kappa shape index (κ2) is 3.80. The molecule has 1 aliphatic rings. The quantitative estimate of drug-likeness (QED) is 0.777. The van der Waals surface area contributed by atoms with E-state index in [4.69, 9.17) is 4.42 Å². The maximum Gasteiger partial charge on any atom is 0.155 e. The van der Waals surface area contributed by atoms with E-state index in [1.165, 1.54) is 6.26 Å². The number of furan rings is 1. The number of carbonyl (C=O) groups excluding carboxylic acids is 1. The molecule has 2 rings (SSSR count). The summed E-state index contributed by atoms with van der Waals surface area (Å²) in [6.07, 6.45) is 5.42. The van der Waals surface area contributed by atoms with Gasteiger partial charge in [0.05, 0.1) is 6.26 Å². The summed E-state index contributed by atoms with van der Waals surface area (Å²) in [6, 6.07) is 3.49. The van der Waals surface area contributed by atoms with Crippen LogP contribution in [0.5, 0.6) is 0 Å². The van der Waals surface area contributed by atoms with Crippen molar-refractivity contribution in [3.05, 3.63) is 36.3 Å². The van der Waals surface area contributed by atoms with E-state index in [1.807, 2.05) is 0 Å². The Morgan fingerprint density at radius 1 is 1.57 bits per heavy atom. The Bertz CT molecular complexity index is 337. The van der Waals surface area contributed by atoms with E-state index in [1.54, 1.807) is 24.3 Å². The first kappa shape index (κ1) is 9.21. The predicted octanol–water partition coefficient (Wildman–Crippen LogP) is 1.85. The van der Waals surface area contributed by atoms with Gasteiger partial charge < -0.3 is 9.52 Å². The normalized spacial score (nSPS) is 23.8. The van der Waals surface area contributed by atoms with Crippen molar-refractivity contribution < 1.29 is 14.3 Å².